The summed E-state index contributed by atoms with van der Waals surface area (Å²) in [7, 11) is -2.30. The molecule has 1 rings (SSSR count). The van der Waals surface area contributed by atoms with Gasteiger partial charge in [-0.15, -0.1) is 0 Å². The lowest BCUT2D eigenvalue weighted by molar-refractivity contribution is -0.122. The Morgan fingerprint density at radius 1 is 1.25 bits per heavy atom. The first-order chi connectivity index (χ1) is 11.0. The molecule has 6 nitrogen and oxygen atoms in total. The molecule has 0 spiro atoms. The summed E-state index contributed by atoms with van der Waals surface area (Å²) in [6.45, 7) is 7.36. The van der Waals surface area contributed by atoms with Gasteiger partial charge in [-0.25, -0.2) is 8.42 Å². The number of halogens is 1. The van der Waals surface area contributed by atoms with Crippen LogP contribution in [0.15, 0.2) is 18.2 Å². The van der Waals surface area contributed by atoms with E-state index in [4.69, 9.17) is 16.3 Å². The van der Waals surface area contributed by atoms with E-state index in [1.54, 1.807) is 12.1 Å². The second-order valence-electron chi connectivity index (χ2n) is 6.09. The minimum Gasteiger partial charge on any atom is -0.495 e. The topological polar surface area (TPSA) is 75.7 Å². The lowest BCUT2D eigenvalue weighted by Crippen LogP contribution is -2.50. The molecule has 1 aromatic carbocycles. The molecule has 8 heteroatoms. The highest BCUT2D eigenvalue weighted by Crippen LogP contribution is 2.34. The number of nitrogens with zero attached hydrogens (tertiary/aromatic N) is 1. The second kappa shape index (κ2) is 8.07. The van der Waals surface area contributed by atoms with Crippen molar-refractivity contribution in [2.75, 3.05) is 17.7 Å². The third-order valence-corrected chi connectivity index (χ3v) is 5.30. The summed E-state index contributed by atoms with van der Waals surface area (Å²) < 4.78 is 30.9. The number of carbonyl (C=O) groups is 1. The van der Waals surface area contributed by atoms with Gasteiger partial charge in [0, 0.05) is 11.1 Å². The van der Waals surface area contributed by atoms with Crippen molar-refractivity contribution in [3.05, 3.63) is 23.2 Å². The Morgan fingerprint density at radius 3 is 2.29 bits per heavy atom. The van der Waals surface area contributed by atoms with Gasteiger partial charge in [-0.3, -0.25) is 9.10 Å². The van der Waals surface area contributed by atoms with Crippen molar-refractivity contribution in [3.8, 4) is 5.75 Å². The zero-order chi connectivity index (χ0) is 18.7. The monoisotopic (exact) mass is 376 g/mol. The van der Waals surface area contributed by atoms with Crippen molar-refractivity contribution >= 4 is 33.2 Å². The minimum absolute atomic E-state index is 0.0809. The van der Waals surface area contributed by atoms with Gasteiger partial charge in [0.05, 0.1) is 19.1 Å². The summed E-state index contributed by atoms with van der Waals surface area (Å²) in [4.78, 5) is 12.5. The van der Waals surface area contributed by atoms with Crippen LogP contribution in [0.4, 0.5) is 5.69 Å². The van der Waals surface area contributed by atoms with E-state index in [9.17, 15) is 13.2 Å². The summed E-state index contributed by atoms with van der Waals surface area (Å²) in [6.07, 6.45) is 1.04. The summed E-state index contributed by atoms with van der Waals surface area (Å²) in [5.74, 6) is 0.165. The molecule has 0 aromatic heterocycles. The number of sulfonamides is 1. The van der Waals surface area contributed by atoms with Crippen molar-refractivity contribution in [2.45, 2.75) is 39.8 Å². The zero-order valence-electron chi connectivity index (χ0n) is 14.8. The SMILES string of the molecule is COc1ccc(Cl)cc1N([C@H](C)C(=O)N[C@H](C)C(C)C)S(C)(=O)=O. The van der Waals surface area contributed by atoms with E-state index in [1.165, 1.54) is 20.1 Å². The fraction of sp³-hybridized carbons (Fsp3) is 0.562. The van der Waals surface area contributed by atoms with Crippen LogP contribution in [0.1, 0.15) is 27.7 Å². The minimum atomic E-state index is -3.73. The molecule has 0 bridgehead atoms. The van der Waals surface area contributed by atoms with Crippen LogP contribution in [-0.2, 0) is 14.8 Å². The van der Waals surface area contributed by atoms with Gasteiger partial charge < -0.3 is 10.1 Å². The highest BCUT2D eigenvalue weighted by Gasteiger charge is 2.32. The Balaban J connectivity index is 3.29. The van der Waals surface area contributed by atoms with E-state index in [2.05, 4.69) is 5.32 Å². The van der Waals surface area contributed by atoms with Crippen LogP contribution in [-0.4, -0.2) is 39.8 Å². The first-order valence-corrected chi connectivity index (χ1v) is 9.85. The molecule has 1 aromatic rings. The number of amides is 1. The molecule has 0 radical (unpaired) electrons. The van der Waals surface area contributed by atoms with Crippen LogP contribution in [0.2, 0.25) is 5.02 Å². The van der Waals surface area contributed by atoms with Gasteiger partial charge in [0.1, 0.15) is 11.8 Å². The molecule has 0 aliphatic heterocycles. The molecule has 0 unspecified atom stereocenters. The fourth-order valence-corrected chi connectivity index (χ4v) is 3.46. The van der Waals surface area contributed by atoms with E-state index in [-0.39, 0.29) is 23.6 Å². The largest absolute Gasteiger partial charge is 0.495 e. The van der Waals surface area contributed by atoms with Crippen LogP contribution in [0.25, 0.3) is 0 Å². The average Bonchev–Trinajstić information content (AvgIpc) is 2.45. The van der Waals surface area contributed by atoms with Crippen molar-refractivity contribution < 1.29 is 17.9 Å². The van der Waals surface area contributed by atoms with Crippen LogP contribution in [0, 0.1) is 5.92 Å². The van der Waals surface area contributed by atoms with E-state index in [1.807, 2.05) is 20.8 Å². The van der Waals surface area contributed by atoms with Crippen molar-refractivity contribution in [1.82, 2.24) is 5.32 Å². The molecule has 2 atom stereocenters. The highest BCUT2D eigenvalue weighted by molar-refractivity contribution is 7.92. The normalized spacial score (nSPS) is 14.2. The van der Waals surface area contributed by atoms with Crippen LogP contribution < -0.4 is 14.4 Å². The lowest BCUT2D eigenvalue weighted by Gasteiger charge is -2.30. The number of benzene rings is 1. The molecule has 0 heterocycles. The Kier molecular flexibility index (Phi) is 6.92. The van der Waals surface area contributed by atoms with Gasteiger partial charge >= 0.3 is 0 Å². The molecule has 1 amide bonds. The van der Waals surface area contributed by atoms with Crippen molar-refractivity contribution in [3.63, 3.8) is 0 Å². The molecule has 0 fully saturated rings. The maximum atomic E-state index is 12.5. The van der Waals surface area contributed by atoms with E-state index < -0.39 is 16.1 Å². The van der Waals surface area contributed by atoms with E-state index >= 15 is 0 Å². The predicted molar refractivity (Wildman–Crippen MR) is 97.2 cm³/mol. The van der Waals surface area contributed by atoms with Crippen molar-refractivity contribution in [1.29, 1.82) is 0 Å². The molecule has 0 aliphatic carbocycles. The first kappa shape index (κ1) is 20.6. The Bertz CT molecular complexity index is 691. The third-order valence-electron chi connectivity index (χ3n) is 3.84. The number of anilines is 1. The summed E-state index contributed by atoms with van der Waals surface area (Å²) in [5, 5.41) is 3.18. The van der Waals surface area contributed by atoms with E-state index in [0.29, 0.717) is 10.8 Å². The number of methoxy groups -OCH3 is 1. The highest BCUT2D eigenvalue weighted by atomic mass is 35.5. The fourth-order valence-electron chi connectivity index (χ4n) is 2.13. The summed E-state index contributed by atoms with van der Waals surface area (Å²) in [5.41, 5.74) is 0.229. The predicted octanol–water partition coefficient (Wildman–Crippen LogP) is 2.66. The molecular weight excluding hydrogens is 352 g/mol. The number of carbonyl (C=O) groups excluding carboxylic acids is 1. The molecule has 1 N–H and O–H groups in total. The lowest BCUT2D eigenvalue weighted by atomic mass is 10.1. The number of hydrogen-bond acceptors (Lipinski definition) is 4. The molecule has 0 saturated carbocycles. The molecule has 0 aliphatic rings. The maximum absolute atomic E-state index is 12.5. The summed E-state index contributed by atoms with van der Waals surface area (Å²) in [6, 6.07) is 3.60. The van der Waals surface area contributed by atoms with Crippen LogP contribution >= 0.6 is 11.6 Å². The Labute approximate surface area is 149 Å². The number of hydrogen-bond donors (Lipinski definition) is 1. The third kappa shape index (κ3) is 5.01. The zero-order valence-corrected chi connectivity index (χ0v) is 16.4. The second-order valence-corrected chi connectivity index (χ2v) is 8.39. The smallest absolute Gasteiger partial charge is 0.243 e. The maximum Gasteiger partial charge on any atom is 0.243 e. The molecule has 24 heavy (non-hydrogen) atoms. The number of ether oxygens (including phenoxy) is 1. The Hall–Kier alpha value is -1.47. The van der Waals surface area contributed by atoms with Gasteiger partial charge in [0.25, 0.3) is 0 Å². The van der Waals surface area contributed by atoms with Crippen LogP contribution in [0.3, 0.4) is 0 Å². The van der Waals surface area contributed by atoms with Gasteiger partial charge in [0.2, 0.25) is 15.9 Å². The number of nitrogens with one attached hydrogen (secondary N) is 1. The first-order valence-electron chi connectivity index (χ1n) is 7.62. The molecule has 136 valence electrons. The quantitative estimate of drug-likeness (QED) is 0.793. The van der Waals surface area contributed by atoms with Crippen LogP contribution in [0.5, 0.6) is 5.75 Å². The Morgan fingerprint density at radius 2 is 1.83 bits per heavy atom. The summed E-state index contributed by atoms with van der Waals surface area (Å²) >= 11 is 6.00. The van der Waals surface area contributed by atoms with Gasteiger partial charge in [-0.1, -0.05) is 25.4 Å². The standard InChI is InChI=1S/C16H25ClN2O4S/c1-10(2)11(3)18-16(20)12(4)19(24(6,21)22)14-9-13(17)7-8-15(14)23-5/h7-12H,1-6H3,(H,18,20)/t11-,12-/m1/s1. The average molecular weight is 377 g/mol. The molecule has 0 saturated heterocycles. The molecular formula is C16H25ClN2O4S. The van der Waals surface area contributed by atoms with Gasteiger partial charge in [-0.05, 0) is 38.0 Å². The van der Waals surface area contributed by atoms with Gasteiger partial charge in [0.15, 0.2) is 0 Å². The number of rotatable bonds is 7. The van der Waals surface area contributed by atoms with Gasteiger partial charge in [-0.2, -0.15) is 0 Å². The van der Waals surface area contributed by atoms with E-state index in [0.717, 1.165) is 10.6 Å². The van der Waals surface area contributed by atoms with Crippen molar-refractivity contribution in [2.24, 2.45) is 5.92 Å².